The van der Waals surface area contributed by atoms with Crippen LogP contribution in [0.5, 0.6) is 5.88 Å². The molecule has 0 bridgehead atoms. The molecule has 1 unspecified atom stereocenters. The number of amides is 1. The molecule has 0 radical (unpaired) electrons. The minimum absolute atomic E-state index is 0.124. The largest absolute Gasteiger partial charge is 0.494 e. The van der Waals surface area contributed by atoms with Crippen LogP contribution in [0.3, 0.4) is 0 Å². The number of aromatic nitrogens is 3. The summed E-state index contributed by atoms with van der Waals surface area (Å²) >= 11 is 0. The van der Waals surface area contributed by atoms with Gasteiger partial charge in [0, 0.05) is 57.3 Å². The topological polar surface area (TPSA) is 108 Å². The highest BCUT2D eigenvalue weighted by Gasteiger charge is 2.37. The van der Waals surface area contributed by atoms with E-state index < -0.39 is 11.7 Å². The van der Waals surface area contributed by atoms with Crippen molar-refractivity contribution >= 4 is 60.5 Å². The maximum atomic E-state index is 12.5. The van der Waals surface area contributed by atoms with E-state index in [0.29, 0.717) is 13.1 Å². The molecule has 0 fully saturated rings. The van der Waals surface area contributed by atoms with Gasteiger partial charge >= 0.3 is 6.09 Å². The SMILES string of the molecule is CN(C)CCNC(=O)OCC1(O)Cn2c3ccccc3c3c4c[nH]c(O)c4c4c5ccccc5n(c4c32)C1. The number of rotatable bonds is 5. The van der Waals surface area contributed by atoms with Gasteiger partial charge in [0.25, 0.3) is 0 Å². The van der Waals surface area contributed by atoms with Gasteiger partial charge in [-0.25, -0.2) is 4.79 Å². The molecule has 3 aromatic carbocycles. The van der Waals surface area contributed by atoms with Gasteiger partial charge in [-0.1, -0.05) is 36.4 Å². The molecule has 1 amide bonds. The van der Waals surface area contributed by atoms with Crippen molar-refractivity contribution in [3.05, 3.63) is 54.7 Å². The number of benzene rings is 3. The zero-order valence-corrected chi connectivity index (χ0v) is 21.3. The highest BCUT2D eigenvalue weighted by Crippen LogP contribution is 2.48. The van der Waals surface area contributed by atoms with Gasteiger partial charge in [-0.05, 0) is 26.2 Å². The zero-order chi connectivity index (χ0) is 26.2. The number of alkyl carbamates (subject to hydrolysis) is 1. The predicted molar refractivity (Wildman–Crippen MR) is 149 cm³/mol. The van der Waals surface area contributed by atoms with Crippen molar-refractivity contribution in [3.8, 4) is 5.88 Å². The van der Waals surface area contributed by atoms with E-state index in [2.05, 4.69) is 25.5 Å². The van der Waals surface area contributed by atoms with E-state index in [1.165, 1.54) is 0 Å². The van der Waals surface area contributed by atoms with Crippen LogP contribution in [-0.2, 0) is 17.8 Å². The lowest BCUT2D eigenvalue weighted by molar-refractivity contribution is -0.0423. The number of ether oxygens (including phenoxy) is 1. The normalized spacial score (nSPS) is 17.5. The van der Waals surface area contributed by atoms with Gasteiger partial charge in [0.05, 0.1) is 29.5 Å². The zero-order valence-electron chi connectivity index (χ0n) is 21.3. The summed E-state index contributed by atoms with van der Waals surface area (Å²) in [6, 6.07) is 16.2. The first-order valence-corrected chi connectivity index (χ1v) is 12.8. The Morgan fingerprint density at radius 2 is 1.58 bits per heavy atom. The van der Waals surface area contributed by atoms with Crippen LogP contribution in [0, 0.1) is 0 Å². The lowest BCUT2D eigenvalue weighted by Crippen LogP contribution is -2.44. The number of H-pyrrole nitrogens is 1. The second-order valence-corrected chi connectivity index (χ2v) is 10.6. The molecule has 3 aromatic heterocycles. The Morgan fingerprint density at radius 3 is 2.24 bits per heavy atom. The molecule has 7 rings (SSSR count). The fourth-order valence-electron chi connectivity index (χ4n) is 6.18. The quantitative estimate of drug-likeness (QED) is 0.279. The predicted octanol–water partition coefficient (Wildman–Crippen LogP) is 4.12. The molecule has 1 atom stereocenters. The number of carbonyl (C=O) groups excluding carboxylic acids is 1. The van der Waals surface area contributed by atoms with Crippen LogP contribution >= 0.6 is 0 Å². The van der Waals surface area contributed by atoms with Crippen LogP contribution in [0.25, 0.3) is 54.4 Å². The lowest BCUT2D eigenvalue weighted by Gasteiger charge is -2.28. The van der Waals surface area contributed by atoms with Gasteiger partial charge in [0.15, 0.2) is 5.88 Å². The second-order valence-electron chi connectivity index (χ2n) is 10.6. The van der Waals surface area contributed by atoms with E-state index in [4.69, 9.17) is 4.74 Å². The number of likely N-dealkylation sites (N-methyl/N-ethyl adjacent to an activating group) is 1. The summed E-state index contributed by atoms with van der Waals surface area (Å²) < 4.78 is 9.85. The number of aliphatic hydroxyl groups is 1. The maximum Gasteiger partial charge on any atom is 0.407 e. The highest BCUT2D eigenvalue weighted by molar-refractivity contribution is 6.36. The van der Waals surface area contributed by atoms with Crippen LogP contribution < -0.4 is 5.32 Å². The first-order valence-electron chi connectivity index (χ1n) is 12.8. The number of hydrogen-bond acceptors (Lipinski definition) is 5. The highest BCUT2D eigenvalue weighted by atomic mass is 16.6. The number of hydrogen-bond donors (Lipinski definition) is 4. The van der Waals surface area contributed by atoms with Gasteiger partial charge in [-0.2, -0.15) is 0 Å². The molecule has 9 nitrogen and oxygen atoms in total. The summed E-state index contributed by atoms with van der Waals surface area (Å²) in [5, 5.41) is 31.5. The number of nitrogens with zero attached hydrogens (tertiary/aromatic N) is 3. The second kappa shape index (κ2) is 8.14. The Kier molecular flexibility index (Phi) is 4.92. The molecule has 0 saturated carbocycles. The van der Waals surface area contributed by atoms with Crippen molar-refractivity contribution in [2.75, 3.05) is 33.8 Å². The molecule has 6 aromatic rings. The smallest absolute Gasteiger partial charge is 0.407 e. The van der Waals surface area contributed by atoms with Gasteiger partial charge in [-0.15, -0.1) is 0 Å². The standard InChI is InChI=1S/C29H29N5O4/c1-32(2)12-11-30-28(36)38-16-29(37)14-33-20-9-5-3-7-17(20)22-19-13-31-27(35)24(19)23-18-8-4-6-10-21(18)34(15-29)26(23)25(22)33/h3-10,13,31,35,37H,11-12,14-16H2,1-2H3,(H,30,36). The molecule has 0 aliphatic carbocycles. The molecular weight excluding hydrogens is 482 g/mol. The van der Waals surface area contributed by atoms with Gasteiger partial charge in [-0.3, -0.25) is 0 Å². The number of para-hydroxylation sites is 2. The number of fused-ring (bicyclic) bond motifs is 9. The Bertz CT molecular complexity index is 1900. The van der Waals surface area contributed by atoms with E-state index >= 15 is 0 Å². The van der Waals surface area contributed by atoms with Gasteiger partial charge < -0.3 is 39.3 Å². The summed E-state index contributed by atoms with van der Waals surface area (Å²) in [6.07, 6.45) is 1.31. The first kappa shape index (κ1) is 22.9. The Hall–Kier alpha value is -4.21. The van der Waals surface area contributed by atoms with E-state index in [9.17, 15) is 15.0 Å². The van der Waals surface area contributed by atoms with Crippen LogP contribution in [0.15, 0.2) is 54.7 Å². The molecule has 0 saturated heterocycles. The third-order valence-corrected chi connectivity index (χ3v) is 7.75. The number of aromatic hydroxyl groups is 1. The Morgan fingerprint density at radius 1 is 0.974 bits per heavy atom. The van der Waals surface area contributed by atoms with Gasteiger partial charge in [0.1, 0.15) is 12.2 Å². The molecule has 38 heavy (non-hydrogen) atoms. The summed E-state index contributed by atoms with van der Waals surface area (Å²) in [4.78, 5) is 17.5. The van der Waals surface area contributed by atoms with Crippen molar-refractivity contribution in [2.24, 2.45) is 0 Å². The third kappa shape index (κ3) is 3.22. The number of aromatic amines is 1. The summed E-state index contributed by atoms with van der Waals surface area (Å²) in [6.45, 7) is 1.45. The Balaban J connectivity index is 1.47. The Labute approximate surface area is 217 Å². The van der Waals surface area contributed by atoms with Crippen LogP contribution in [-0.4, -0.2) is 74.7 Å². The first-order chi connectivity index (χ1) is 18.4. The summed E-state index contributed by atoms with van der Waals surface area (Å²) in [7, 11) is 3.87. The van der Waals surface area contributed by atoms with Crippen LogP contribution in [0.2, 0.25) is 0 Å². The van der Waals surface area contributed by atoms with Crippen molar-refractivity contribution < 1.29 is 19.7 Å². The van der Waals surface area contributed by atoms with Crippen LogP contribution in [0.1, 0.15) is 0 Å². The number of carbonyl (C=O) groups is 1. The average Bonchev–Trinajstić information content (AvgIpc) is 3.50. The maximum absolute atomic E-state index is 12.5. The summed E-state index contributed by atoms with van der Waals surface area (Å²) in [5.41, 5.74) is 2.50. The van der Waals surface area contributed by atoms with Crippen molar-refractivity contribution in [3.63, 3.8) is 0 Å². The molecule has 1 aliphatic heterocycles. The molecule has 194 valence electrons. The van der Waals surface area contributed by atoms with Crippen molar-refractivity contribution in [2.45, 2.75) is 18.7 Å². The van der Waals surface area contributed by atoms with Crippen molar-refractivity contribution in [1.82, 2.24) is 24.3 Å². The lowest BCUT2D eigenvalue weighted by atomic mass is 10.0. The third-order valence-electron chi connectivity index (χ3n) is 7.75. The molecule has 4 N–H and O–H groups in total. The van der Waals surface area contributed by atoms with E-state index in [1.807, 2.05) is 67.7 Å². The van der Waals surface area contributed by atoms with Gasteiger partial charge in [0.2, 0.25) is 0 Å². The minimum Gasteiger partial charge on any atom is -0.494 e. The molecular formula is C29H29N5O4. The fourth-order valence-corrected chi connectivity index (χ4v) is 6.18. The minimum atomic E-state index is -1.38. The molecule has 4 heterocycles. The molecule has 9 heteroatoms. The van der Waals surface area contributed by atoms with Crippen LogP contribution in [0.4, 0.5) is 4.79 Å². The number of nitrogens with one attached hydrogen (secondary N) is 2. The molecule has 0 spiro atoms. The summed E-state index contributed by atoms with van der Waals surface area (Å²) in [5.74, 6) is 0.124. The fraction of sp³-hybridized carbons (Fsp3) is 0.276. The van der Waals surface area contributed by atoms with E-state index in [-0.39, 0.29) is 25.6 Å². The van der Waals surface area contributed by atoms with E-state index in [1.54, 1.807) is 0 Å². The van der Waals surface area contributed by atoms with Crippen molar-refractivity contribution in [1.29, 1.82) is 0 Å². The monoisotopic (exact) mass is 511 g/mol. The van der Waals surface area contributed by atoms with E-state index in [0.717, 1.165) is 54.4 Å². The molecule has 1 aliphatic rings. The average molecular weight is 512 g/mol.